The third kappa shape index (κ3) is 3.04. The van der Waals surface area contributed by atoms with E-state index in [4.69, 9.17) is 0 Å². The summed E-state index contributed by atoms with van der Waals surface area (Å²) in [6.07, 6.45) is 1.62. The molecular formula is C12H11BrN4O. The van der Waals surface area contributed by atoms with Crippen LogP contribution < -0.4 is 10.6 Å². The van der Waals surface area contributed by atoms with Crippen molar-refractivity contribution in [3.05, 3.63) is 46.7 Å². The van der Waals surface area contributed by atoms with Crippen molar-refractivity contribution in [3.8, 4) is 0 Å². The van der Waals surface area contributed by atoms with Crippen LogP contribution in [0.1, 0.15) is 10.5 Å². The number of hydrogen-bond acceptors (Lipinski definition) is 4. The molecule has 2 heterocycles. The fourth-order valence-corrected chi connectivity index (χ4v) is 1.57. The molecule has 18 heavy (non-hydrogen) atoms. The summed E-state index contributed by atoms with van der Waals surface area (Å²) in [5.41, 5.74) is 0.339. The lowest BCUT2D eigenvalue weighted by Gasteiger charge is -2.05. The number of rotatable bonds is 3. The van der Waals surface area contributed by atoms with Crippen molar-refractivity contribution in [1.82, 2.24) is 9.97 Å². The summed E-state index contributed by atoms with van der Waals surface area (Å²) in [5.74, 6) is 0.841. The molecule has 0 atom stereocenters. The molecule has 6 heteroatoms. The highest BCUT2D eigenvalue weighted by molar-refractivity contribution is 9.10. The molecule has 0 unspecified atom stereocenters. The van der Waals surface area contributed by atoms with Crippen LogP contribution in [0.2, 0.25) is 0 Å². The van der Waals surface area contributed by atoms with Crippen LogP contribution in [0.15, 0.2) is 41.0 Å². The molecule has 2 aromatic rings. The van der Waals surface area contributed by atoms with E-state index in [0.717, 1.165) is 4.47 Å². The van der Waals surface area contributed by atoms with Crippen molar-refractivity contribution >= 4 is 33.5 Å². The molecule has 0 saturated carbocycles. The van der Waals surface area contributed by atoms with Crippen molar-refractivity contribution in [2.75, 3.05) is 17.7 Å². The third-order valence-electron chi connectivity index (χ3n) is 2.21. The van der Waals surface area contributed by atoms with Gasteiger partial charge in [-0.05, 0) is 40.2 Å². The second kappa shape index (κ2) is 5.59. The average molecular weight is 307 g/mol. The minimum Gasteiger partial charge on any atom is -0.373 e. The van der Waals surface area contributed by atoms with Crippen LogP contribution in [-0.2, 0) is 0 Å². The molecule has 5 nitrogen and oxygen atoms in total. The van der Waals surface area contributed by atoms with Crippen molar-refractivity contribution in [2.24, 2.45) is 0 Å². The minimum atomic E-state index is -0.290. The minimum absolute atomic E-state index is 0.290. The number of amides is 1. The monoisotopic (exact) mass is 306 g/mol. The Balaban J connectivity index is 2.14. The lowest BCUT2D eigenvalue weighted by atomic mass is 10.3. The molecule has 0 aliphatic carbocycles. The van der Waals surface area contributed by atoms with Crippen LogP contribution in [0, 0.1) is 0 Å². The summed E-state index contributed by atoms with van der Waals surface area (Å²) in [4.78, 5) is 20.1. The number of nitrogens with one attached hydrogen (secondary N) is 2. The molecule has 92 valence electrons. The Labute approximate surface area is 113 Å². The molecule has 0 spiro atoms. The third-order valence-corrected chi connectivity index (χ3v) is 2.68. The van der Waals surface area contributed by atoms with Gasteiger partial charge in [0, 0.05) is 17.7 Å². The normalized spacial score (nSPS) is 9.89. The van der Waals surface area contributed by atoms with Gasteiger partial charge in [0.15, 0.2) is 0 Å². The van der Waals surface area contributed by atoms with Gasteiger partial charge in [-0.25, -0.2) is 9.97 Å². The first-order valence-electron chi connectivity index (χ1n) is 5.27. The van der Waals surface area contributed by atoms with E-state index in [1.54, 1.807) is 43.6 Å². The molecule has 2 rings (SSSR count). The average Bonchev–Trinajstić information content (AvgIpc) is 2.41. The number of anilines is 2. The van der Waals surface area contributed by atoms with Gasteiger partial charge in [0.25, 0.3) is 5.91 Å². The highest BCUT2D eigenvalue weighted by Gasteiger charge is 2.08. The van der Waals surface area contributed by atoms with E-state index in [9.17, 15) is 4.79 Å². The van der Waals surface area contributed by atoms with Gasteiger partial charge in [-0.15, -0.1) is 0 Å². The summed E-state index contributed by atoms with van der Waals surface area (Å²) in [7, 11) is 1.75. The standard InChI is InChI=1S/C12H11BrN4O/c1-14-10-4-2-3-9(16-10)12(18)17-11-6-5-8(13)7-15-11/h2-7H,1H3,(H,14,16)(H,15,17,18). The maximum absolute atomic E-state index is 11.9. The molecule has 1 amide bonds. The molecule has 0 aliphatic rings. The number of aromatic nitrogens is 2. The fourth-order valence-electron chi connectivity index (χ4n) is 1.33. The number of pyridine rings is 2. The molecule has 0 radical (unpaired) electrons. The lowest BCUT2D eigenvalue weighted by Crippen LogP contribution is -2.15. The molecular weight excluding hydrogens is 296 g/mol. The van der Waals surface area contributed by atoms with Gasteiger partial charge in [0.2, 0.25) is 0 Å². The fraction of sp³-hybridized carbons (Fsp3) is 0.0833. The number of carbonyl (C=O) groups excluding carboxylic acids is 1. The van der Waals surface area contributed by atoms with Crippen molar-refractivity contribution in [1.29, 1.82) is 0 Å². The zero-order chi connectivity index (χ0) is 13.0. The maximum Gasteiger partial charge on any atom is 0.275 e. The molecule has 0 bridgehead atoms. The van der Waals surface area contributed by atoms with Gasteiger partial charge < -0.3 is 10.6 Å². The van der Waals surface area contributed by atoms with E-state index in [-0.39, 0.29) is 5.91 Å². The van der Waals surface area contributed by atoms with Crippen LogP contribution in [-0.4, -0.2) is 22.9 Å². The van der Waals surface area contributed by atoms with Crippen LogP contribution in [0.5, 0.6) is 0 Å². The Morgan fingerprint density at radius 1 is 1.22 bits per heavy atom. The zero-order valence-corrected chi connectivity index (χ0v) is 11.2. The Morgan fingerprint density at radius 3 is 2.72 bits per heavy atom. The molecule has 0 aromatic carbocycles. The van der Waals surface area contributed by atoms with E-state index in [1.807, 2.05) is 0 Å². The first-order valence-corrected chi connectivity index (χ1v) is 6.06. The van der Waals surface area contributed by atoms with E-state index < -0.39 is 0 Å². The van der Waals surface area contributed by atoms with E-state index in [1.165, 1.54) is 0 Å². The molecule has 0 saturated heterocycles. The van der Waals surface area contributed by atoms with Gasteiger partial charge in [-0.1, -0.05) is 6.07 Å². The van der Waals surface area contributed by atoms with E-state index >= 15 is 0 Å². The highest BCUT2D eigenvalue weighted by Crippen LogP contribution is 2.11. The summed E-state index contributed by atoms with van der Waals surface area (Å²) in [6, 6.07) is 8.72. The number of halogens is 1. The summed E-state index contributed by atoms with van der Waals surface area (Å²) in [5, 5.41) is 5.56. The molecule has 0 fully saturated rings. The highest BCUT2D eigenvalue weighted by atomic mass is 79.9. The first-order chi connectivity index (χ1) is 8.69. The van der Waals surface area contributed by atoms with E-state index in [2.05, 4.69) is 36.5 Å². The maximum atomic E-state index is 11.9. The van der Waals surface area contributed by atoms with Crippen molar-refractivity contribution < 1.29 is 4.79 Å². The summed E-state index contributed by atoms with van der Waals surface area (Å²) in [6.45, 7) is 0. The quantitative estimate of drug-likeness (QED) is 0.914. The number of carbonyl (C=O) groups is 1. The predicted molar refractivity (Wildman–Crippen MR) is 73.7 cm³/mol. The number of nitrogens with zero attached hydrogens (tertiary/aromatic N) is 2. The van der Waals surface area contributed by atoms with E-state index in [0.29, 0.717) is 17.3 Å². The van der Waals surface area contributed by atoms with Crippen LogP contribution in [0.25, 0.3) is 0 Å². The Bertz CT molecular complexity index is 556. The largest absolute Gasteiger partial charge is 0.373 e. The topological polar surface area (TPSA) is 66.9 Å². The van der Waals surface area contributed by atoms with Crippen molar-refractivity contribution in [2.45, 2.75) is 0 Å². The van der Waals surface area contributed by atoms with Gasteiger partial charge >= 0.3 is 0 Å². The molecule has 2 aromatic heterocycles. The van der Waals surface area contributed by atoms with Crippen LogP contribution >= 0.6 is 15.9 Å². The zero-order valence-electron chi connectivity index (χ0n) is 9.64. The molecule has 2 N–H and O–H groups in total. The van der Waals surface area contributed by atoms with Gasteiger partial charge in [0.05, 0.1) is 0 Å². The van der Waals surface area contributed by atoms with Gasteiger partial charge in [0.1, 0.15) is 17.3 Å². The van der Waals surface area contributed by atoms with Crippen molar-refractivity contribution in [3.63, 3.8) is 0 Å². The van der Waals surface area contributed by atoms with Crippen LogP contribution in [0.4, 0.5) is 11.6 Å². The Kier molecular flexibility index (Phi) is 3.88. The predicted octanol–water partition coefficient (Wildman–Crippen LogP) is 2.53. The lowest BCUT2D eigenvalue weighted by molar-refractivity contribution is 0.102. The summed E-state index contributed by atoms with van der Waals surface area (Å²) >= 11 is 3.28. The van der Waals surface area contributed by atoms with Gasteiger partial charge in [-0.3, -0.25) is 4.79 Å². The van der Waals surface area contributed by atoms with Gasteiger partial charge in [-0.2, -0.15) is 0 Å². The molecule has 0 aliphatic heterocycles. The Hall–Kier alpha value is -1.95. The summed E-state index contributed by atoms with van der Waals surface area (Å²) < 4.78 is 0.857. The second-order valence-electron chi connectivity index (χ2n) is 3.47. The first kappa shape index (κ1) is 12.5. The number of hydrogen-bond donors (Lipinski definition) is 2. The Morgan fingerprint density at radius 2 is 2.06 bits per heavy atom. The SMILES string of the molecule is CNc1cccc(C(=O)Nc2ccc(Br)cn2)n1. The second-order valence-corrected chi connectivity index (χ2v) is 4.39. The smallest absolute Gasteiger partial charge is 0.275 e. The van der Waals surface area contributed by atoms with Crippen LogP contribution in [0.3, 0.4) is 0 Å².